The molecule has 2 aromatic heterocycles. The van der Waals surface area contributed by atoms with Crippen molar-refractivity contribution in [3.8, 4) is 0 Å². The molecule has 0 bridgehead atoms. The van der Waals surface area contributed by atoms with Crippen molar-refractivity contribution in [1.29, 1.82) is 0 Å². The molecule has 0 N–H and O–H groups in total. The monoisotopic (exact) mass is 271 g/mol. The van der Waals surface area contributed by atoms with Gasteiger partial charge < -0.3 is 4.90 Å². The topological polar surface area (TPSA) is 37.6 Å². The average Bonchev–Trinajstić information content (AvgIpc) is 2.91. The minimum Gasteiger partial charge on any atom is -0.301 e. The Hall–Kier alpha value is -1.68. The molecule has 2 aromatic rings. The Morgan fingerprint density at radius 2 is 2.05 bits per heavy atom. The maximum atomic E-state index is 11.1. The maximum Gasteiger partial charge on any atom is 0.166 e. The number of pyridine rings is 1. The van der Waals surface area contributed by atoms with Crippen molar-refractivity contribution in [2.24, 2.45) is 0 Å². The number of aldehydes is 1. The number of carbonyl (C=O) groups is 1. The number of piperidine rings is 1. The Kier molecular flexibility index (Phi) is 3.57. The molecule has 1 aliphatic heterocycles. The molecule has 1 saturated heterocycles. The Balaban J connectivity index is 1.83. The first-order valence-corrected chi connectivity index (χ1v) is 7.36. The van der Waals surface area contributed by atoms with E-state index >= 15 is 0 Å². The molecular formula is C16H21N3O. The van der Waals surface area contributed by atoms with E-state index in [1.165, 1.54) is 0 Å². The minimum absolute atomic E-state index is 0.518. The van der Waals surface area contributed by atoms with Gasteiger partial charge in [-0.15, -0.1) is 0 Å². The molecule has 20 heavy (non-hydrogen) atoms. The maximum absolute atomic E-state index is 11.1. The van der Waals surface area contributed by atoms with Crippen molar-refractivity contribution in [3.63, 3.8) is 0 Å². The highest BCUT2D eigenvalue weighted by molar-refractivity contribution is 5.73. The van der Waals surface area contributed by atoms with Crippen LogP contribution in [-0.4, -0.2) is 39.7 Å². The Labute approximate surface area is 119 Å². The SMILES string of the molecule is CC(C)N1CCC(c2cn3c(C=O)cccc3n2)CC1. The fraction of sp³-hybridized carbons (Fsp3) is 0.500. The number of rotatable bonds is 3. The molecule has 0 radical (unpaired) electrons. The van der Waals surface area contributed by atoms with Crippen LogP contribution in [0.4, 0.5) is 0 Å². The third-order valence-corrected chi connectivity index (χ3v) is 4.34. The van der Waals surface area contributed by atoms with E-state index in [1.807, 2.05) is 28.8 Å². The van der Waals surface area contributed by atoms with Gasteiger partial charge in [-0.1, -0.05) is 6.07 Å². The Morgan fingerprint density at radius 1 is 1.30 bits per heavy atom. The molecule has 4 nitrogen and oxygen atoms in total. The van der Waals surface area contributed by atoms with Gasteiger partial charge in [-0.2, -0.15) is 0 Å². The molecule has 3 heterocycles. The standard InChI is InChI=1S/C16H21N3O/c1-12(2)18-8-6-13(7-9-18)15-10-19-14(11-20)4-3-5-16(19)17-15/h3-5,10-13H,6-9H2,1-2H3. The number of imidazole rings is 1. The average molecular weight is 271 g/mol. The summed E-state index contributed by atoms with van der Waals surface area (Å²) in [4.78, 5) is 18.3. The van der Waals surface area contributed by atoms with E-state index in [9.17, 15) is 4.79 Å². The number of carbonyl (C=O) groups excluding carboxylic acids is 1. The highest BCUT2D eigenvalue weighted by Gasteiger charge is 2.24. The summed E-state index contributed by atoms with van der Waals surface area (Å²) in [7, 11) is 0. The first-order valence-electron chi connectivity index (χ1n) is 7.36. The Morgan fingerprint density at radius 3 is 2.70 bits per heavy atom. The number of hydrogen-bond donors (Lipinski definition) is 0. The van der Waals surface area contributed by atoms with Gasteiger partial charge in [-0.25, -0.2) is 4.98 Å². The number of fused-ring (bicyclic) bond motifs is 1. The quantitative estimate of drug-likeness (QED) is 0.806. The van der Waals surface area contributed by atoms with Crippen LogP contribution < -0.4 is 0 Å². The number of likely N-dealkylation sites (tertiary alicyclic amines) is 1. The van der Waals surface area contributed by atoms with Crippen LogP contribution in [0, 0.1) is 0 Å². The lowest BCUT2D eigenvalue weighted by Crippen LogP contribution is -2.37. The van der Waals surface area contributed by atoms with Gasteiger partial charge in [0, 0.05) is 18.2 Å². The zero-order valence-electron chi connectivity index (χ0n) is 12.1. The predicted octanol–water partition coefficient (Wildman–Crippen LogP) is 2.73. The van der Waals surface area contributed by atoms with Gasteiger partial charge >= 0.3 is 0 Å². The van der Waals surface area contributed by atoms with Crippen LogP contribution in [0.2, 0.25) is 0 Å². The first kappa shape index (κ1) is 13.3. The van der Waals surface area contributed by atoms with Crippen molar-refractivity contribution >= 4 is 11.9 Å². The van der Waals surface area contributed by atoms with E-state index in [0.717, 1.165) is 43.6 Å². The molecule has 1 fully saturated rings. The van der Waals surface area contributed by atoms with Gasteiger partial charge in [-0.3, -0.25) is 9.20 Å². The summed E-state index contributed by atoms with van der Waals surface area (Å²) in [5.74, 6) is 0.518. The summed E-state index contributed by atoms with van der Waals surface area (Å²) in [6.07, 6.45) is 5.23. The largest absolute Gasteiger partial charge is 0.301 e. The molecule has 106 valence electrons. The summed E-state index contributed by atoms with van der Waals surface area (Å²) in [6, 6.07) is 6.29. The number of aromatic nitrogens is 2. The molecule has 3 rings (SSSR count). The van der Waals surface area contributed by atoms with Crippen LogP contribution in [0.25, 0.3) is 5.65 Å². The first-order chi connectivity index (χ1) is 9.69. The van der Waals surface area contributed by atoms with Crippen molar-refractivity contribution in [3.05, 3.63) is 35.8 Å². The highest BCUT2D eigenvalue weighted by atomic mass is 16.1. The lowest BCUT2D eigenvalue weighted by Gasteiger charge is -2.33. The van der Waals surface area contributed by atoms with Crippen molar-refractivity contribution < 1.29 is 4.79 Å². The van der Waals surface area contributed by atoms with E-state index in [2.05, 4.69) is 18.7 Å². The third-order valence-electron chi connectivity index (χ3n) is 4.34. The molecule has 0 amide bonds. The second-order valence-electron chi connectivity index (χ2n) is 5.87. The zero-order chi connectivity index (χ0) is 14.1. The summed E-state index contributed by atoms with van der Waals surface area (Å²) in [6.45, 7) is 6.77. The molecule has 0 spiro atoms. The molecule has 0 aliphatic carbocycles. The normalized spacial score (nSPS) is 17.9. The fourth-order valence-corrected chi connectivity index (χ4v) is 3.06. The molecule has 0 aromatic carbocycles. The molecule has 0 atom stereocenters. The van der Waals surface area contributed by atoms with Crippen molar-refractivity contribution in [2.45, 2.75) is 38.6 Å². The highest BCUT2D eigenvalue weighted by Crippen LogP contribution is 2.28. The molecule has 1 aliphatic rings. The summed E-state index contributed by atoms with van der Waals surface area (Å²) < 4.78 is 1.90. The molecule has 0 unspecified atom stereocenters. The van der Waals surface area contributed by atoms with Crippen LogP contribution in [-0.2, 0) is 0 Å². The van der Waals surface area contributed by atoms with E-state index in [0.29, 0.717) is 17.7 Å². The Bertz CT molecular complexity index is 609. The van der Waals surface area contributed by atoms with Gasteiger partial charge in [0.2, 0.25) is 0 Å². The smallest absolute Gasteiger partial charge is 0.166 e. The third kappa shape index (κ3) is 2.36. The zero-order valence-corrected chi connectivity index (χ0v) is 12.1. The second kappa shape index (κ2) is 5.37. The van der Waals surface area contributed by atoms with E-state index in [1.54, 1.807) is 0 Å². The summed E-state index contributed by atoms with van der Waals surface area (Å²) >= 11 is 0. The van der Waals surface area contributed by atoms with Crippen LogP contribution in [0.3, 0.4) is 0 Å². The van der Waals surface area contributed by atoms with Crippen LogP contribution >= 0.6 is 0 Å². The van der Waals surface area contributed by atoms with Crippen molar-refractivity contribution in [2.75, 3.05) is 13.1 Å². The van der Waals surface area contributed by atoms with Crippen LogP contribution in [0.1, 0.15) is 48.8 Å². The van der Waals surface area contributed by atoms with E-state index in [4.69, 9.17) is 4.98 Å². The van der Waals surface area contributed by atoms with Crippen LogP contribution in [0.15, 0.2) is 24.4 Å². The summed E-state index contributed by atoms with van der Waals surface area (Å²) in [5, 5.41) is 0. The lowest BCUT2D eigenvalue weighted by molar-refractivity contribution is 0.111. The minimum atomic E-state index is 0.518. The second-order valence-corrected chi connectivity index (χ2v) is 5.87. The van der Waals surface area contributed by atoms with Crippen molar-refractivity contribution in [1.82, 2.24) is 14.3 Å². The predicted molar refractivity (Wildman–Crippen MR) is 79.3 cm³/mol. The van der Waals surface area contributed by atoms with Gasteiger partial charge in [-0.05, 0) is 51.9 Å². The number of hydrogen-bond acceptors (Lipinski definition) is 3. The number of nitrogens with zero attached hydrogens (tertiary/aromatic N) is 3. The molecular weight excluding hydrogens is 250 g/mol. The lowest BCUT2D eigenvalue weighted by atomic mass is 9.93. The van der Waals surface area contributed by atoms with Gasteiger partial charge in [0.1, 0.15) is 5.65 Å². The molecule has 0 saturated carbocycles. The van der Waals surface area contributed by atoms with E-state index in [-0.39, 0.29) is 0 Å². The summed E-state index contributed by atoms with van der Waals surface area (Å²) in [5.41, 5.74) is 2.67. The fourth-order valence-electron chi connectivity index (χ4n) is 3.06. The van der Waals surface area contributed by atoms with Gasteiger partial charge in [0.05, 0.1) is 11.4 Å². The molecule has 4 heteroatoms. The van der Waals surface area contributed by atoms with Crippen LogP contribution in [0.5, 0.6) is 0 Å². The van der Waals surface area contributed by atoms with E-state index < -0.39 is 0 Å². The van der Waals surface area contributed by atoms with Gasteiger partial charge in [0.15, 0.2) is 6.29 Å². The van der Waals surface area contributed by atoms with Gasteiger partial charge in [0.25, 0.3) is 0 Å².